The summed E-state index contributed by atoms with van der Waals surface area (Å²) in [7, 11) is 0. The number of nitrogens with zero attached hydrogens (tertiary/aromatic N) is 2. The number of aromatic amines is 1. The molecule has 9 rings (SSSR count). The highest BCUT2D eigenvalue weighted by Gasteiger charge is 2.34. The van der Waals surface area contributed by atoms with Crippen molar-refractivity contribution in [1.29, 1.82) is 0 Å². The zero-order chi connectivity index (χ0) is 35.3. The Balaban J connectivity index is 1.37. The van der Waals surface area contributed by atoms with Gasteiger partial charge in [-0.25, -0.2) is 27.5 Å². The van der Waals surface area contributed by atoms with Gasteiger partial charge in [0, 0.05) is 45.1 Å². The second-order valence-electron chi connectivity index (χ2n) is 13.2. The van der Waals surface area contributed by atoms with Gasteiger partial charge in [0.1, 0.15) is 23.3 Å². The van der Waals surface area contributed by atoms with E-state index in [1.807, 2.05) is 36.4 Å². The van der Waals surface area contributed by atoms with E-state index in [1.54, 1.807) is 48.5 Å². The molecule has 4 aliphatic rings. The number of rotatable bonds is 4. The van der Waals surface area contributed by atoms with E-state index >= 15 is 0 Å². The Kier molecular flexibility index (Phi) is 7.89. The molecule has 0 amide bonds. The molecule has 0 saturated carbocycles. The van der Waals surface area contributed by atoms with Gasteiger partial charge < -0.3 is 10.3 Å². The topological polar surface area (TPSA) is 52.5 Å². The fourth-order valence-electron chi connectivity index (χ4n) is 7.62. The molecule has 4 aromatic carbocycles. The molecular formula is C44H30F4N4. The van der Waals surface area contributed by atoms with E-state index in [2.05, 4.69) is 10.3 Å². The maximum atomic E-state index is 14.2. The third-order valence-corrected chi connectivity index (χ3v) is 9.99. The van der Waals surface area contributed by atoms with Crippen LogP contribution in [-0.2, 0) is 0 Å². The van der Waals surface area contributed by atoms with Crippen LogP contribution in [0.15, 0.2) is 155 Å². The first-order valence-electron chi connectivity index (χ1n) is 17.1. The van der Waals surface area contributed by atoms with E-state index in [4.69, 9.17) is 9.98 Å². The molecule has 8 heteroatoms. The minimum Gasteiger partial charge on any atom is -0.354 e. The second kappa shape index (κ2) is 12.9. The summed E-state index contributed by atoms with van der Waals surface area (Å²) in [6.45, 7) is 0. The average molecular weight is 691 g/mol. The Morgan fingerprint density at radius 1 is 0.423 bits per heavy atom. The Hall–Kier alpha value is -6.12. The van der Waals surface area contributed by atoms with Crippen molar-refractivity contribution in [2.24, 2.45) is 9.98 Å². The molecule has 2 N–H and O–H groups in total. The van der Waals surface area contributed by atoms with Gasteiger partial charge in [0.2, 0.25) is 0 Å². The molecule has 5 aromatic rings. The van der Waals surface area contributed by atoms with Crippen LogP contribution in [0.5, 0.6) is 0 Å². The number of H-pyrrole nitrogens is 1. The smallest absolute Gasteiger partial charge is 0.123 e. The Morgan fingerprint density at radius 3 is 1.13 bits per heavy atom. The third kappa shape index (κ3) is 5.81. The number of halogens is 4. The molecule has 5 heterocycles. The molecule has 4 nitrogen and oxygen atoms in total. The Morgan fingerprint density at radius 2 is 0.769 bits per heavy atom. The molecule has 2 unspecified atom stereocenters. The molecular weight excluding hydrogens is 661 g/mol. The van der Waals surface area contributed by atoms with Crippen LogP contribution in [-0.4, -0.2) is 28.5 Å². The highest BCUT2D eigenvalue weighted by atomic mass is 19.1. The van der Waals surface area contributed by atoms with Crippen molar-refractivity contribution >= 4 is 33.7 Å². The van der Waals surface area contributed by atoms with Crippen LogP contribution in [0.4, 0.5) is 17.6 Å². The fraction of sp³-hybridized carbons (Fsp3) is 0.0909. The van der Waals surface area contributed by atoms with Gasteiger partial charge >= 0.3 is 0 Å². The lowest BCUT2D eigenvalue weighted by molar-refractivity contribution is 0.627. The summed E-state index contributed by atoms with van der Waals surface area (Å²) in [5.41, 5.74) is 9.39. The first-order valence-corrected chi connectivity index (χ1v) is 17.1. The number of aromatic nitrogens is 1. The maximum Gasteiger partial charge on any atom is 0.123 e. The quantitative estimate of drug-likeness (QED) is 0.185. The lowest BCUT2D eigenvalue weighted by atomic mass is 9.94. The van der Waals surface area contributed by atoms with Crippen molar-refractivity contribution in [3.05, 3.63) is 201 Å². The standard InChI is InChI=1S/C44H30F4N4/c45-29-9-1-25(2-10-29)41-33-17-19-35(49-33)42(26-3-11-30(46)12-4-26)37-21-23-39(51-37)44(28-7-15-32(48)16-8-28)40-24-22-38(52-40)43(36-20-18-34(41)50-36)27-5-13-31(47)14-6-27/h1-21,23,38,40,49,52H,22,24H2/b41-33-,42-35-,43-36-,44-39-. The molecule has 254 valence electrons. The van der Waals surface area contributed by atoms with E-state index in [9.17, 15) is 17.6 Å². The Labute approximate surface area is 297 Å². The third-order valence-electron chi connectivity index (χ3n) is 9.99. The van der Waals surface area contributed by atoms with Crippen LogP contribution < -0.4 is 16.0 Å². The van der Waals surface area contributed by atoms with E-state index < -0.39 is 0 Å². The molecule has 1 fully saturated rings. The molecule has 0 radical (unpaired) electrons. The monoisotopic (exact) mass is 690 g/mol. The molecule has 4 aliphatic heterocycles. The normalized spacial score (nSPS) is 24.4. The van der Waals surface area contributed by atoms with Crippen LogP contribution >= 0.6 is 0 Å². The molecule has 1 aromatic heterocycles. The SMILES string of the molecule is Fc1ccc(/C2=C3\C=CC(=N3)/C(c3ccc(F)cc3)=c3/cc/c([nH]3)=C(\c3ccc(F)cc3)C3=N/C(=C(/c4ccc(F)cc4)C4CCC2N4)C=C3)cc1. The van der Waals surface area contributed by atoms with Crippen molar-refractivity contribution < 1.29 is 17.6 Å². The number of aliphatic imine (C=N–C) groups is 2. The minimum absolute atomic E-state index is 0.163. The van der Waals surface area contributed by atoms with Gasteiger partial charge in [0.15, 0.2) is 0 Å². The van der Waals surface area contributed by atoms with Gasteiger partial charge in [0.05, 0.1) is 22.8 Å². The predicted octanol–water partition coefficient (Wildman–Crippen LogP) is 7.95. The van der Waals surface area contributed by atoms with Gasteiger partial charge in [-0.2, -0.15) is 0 Å². The average Bonchev–Trinajstić information content (AvgIpc) is 3.99. The predicted molar refractivity (Wildman–Crippen MR) is 198 cm³/mol. The molecule has 0 aliphatic carbocycles. The fourth-order valence-corrected chi connectivity index (χ4v) is 7.62. The summed E-state index contributed by atoms with van der Waals surface area (Å²) in [4.78, 5) is 14.0. The zero-order valence-corrected chi connectivity index (χ0v) is 27.7. The second-order valence-corrected chi connectivity index (χ2v) is 13.2. The summed E-state index contributed by atoms with van der Waals surface area (Å²) in [5.74, 6) is -1.36. The summed E-state index contributed by atoms with van der Waals surface area (Å²) in [5, 5.41) is 5.33. The van der Waals surface area contributed by atoms with E-state index in [0.29, 0.717) is 11.4 Å². The lowest BCUT2D eigenvalue weighted by Crippen LogP contribution is -2.32. The zero-order valence-electron chi connectivity index (χ0n) is 27.7. The largest absolute Gasteiger partial charge is 0.354 e. The molecule has 2 atom stereocenters. The van der Waals surface area contributed by atoms with Gasteiger partial charge in [-0.05, 0) is 120 Å². The molecule has 1 saturated heterocycles. The first-order chi connectivity index (χ1) is 25.4. The minimum atomic E-state index is -0.350. The van der Waals surface area contributed by atoms with Gasteiger partial charge in [0.25, 0.3) is 0 Å². The number of fused-ring (bicyclic) bond motifs is 6. The first kappa shape index (κ1) is 31.8. The molecule has 8 bridgehead atoms. The lowest BCUT2D eigenvalue weighted by Gasteiger charge is -2.22. The Bertz CT molecular complexity index is 2370. The van der Waals surface area contributed by atoms with Crippen molar-refractivity contribution in [1.82, 2.24) is 10.3 Å². The van der Waals surface area contributed by atoms with Crippen molar-refractivity contribution in [3.63, 3.8) is 0 Å². The summed E-state index contributed by atoms with van der Waals surface area (Å²) in [6, 6.07) is 29.1. The van der Waals surface area contributed by atoms with E-state index in [-0.39, 0.29) is 35.4 Å². The van der Waals surface area contributed by atoms with Gasteiger partial charge in [-0.3, -0.25) is 0 Å². The van der Waals surface area contributed by atoms with Crippen molar-refractivity contribution in [2.45, 2.75) is 24.9 Å². The van der Waals surface area contributed by atoms with Crippen LogP contribution in [0.3, 0.4) is 0 Å². The van der Waals surface area contributed by atoms with Crippen LogP contribution in [0.25, 0.3) is 22.3 Å². The maximum absolute atomic E-state index is 14.2. The molecule has 52 heavy (non-hydrogen) atoms. The van der Waals surface area contributed by atoms with Crippen LogP contribution in [0.2, 0.25) is 0 Å². The van der Waals surface area contributed by atoms with E-state index in [1.165, 1.54) is 48.5 Å². The number of benzene rings is 4. The van der Waals surface area contributed by atoms with Crippen LogP contribution in [0, 0.1) is 23.3 Å². The van der Waals surface area contributed by atoms with E-state index in [0.717, 1.165) is 79.5 Å². The van der Waals surface area contributed by atoms with Gasteiger partial charge in [-0.1, -0.05) is 48.5 Å². The number of nitrogens with one attached hydrogen (secondary N) is 2. The highest BCUT2D eigenvalue weighted by molar-refractivity contribution is 6.31. The van der Waals surface area contributed by atoms with Gasteiger partial charge in [-0.15, -0.1) is 0 Å². The van der Waals surface area contributed by atoms with Crippen molar-refractivity contribution in [2.75, 3.05) is 0 Å². The number of hydrogen-bond acceptors (Lipinski definition) is 3. The summed E-state index contributed by atoms with van der Waals surface area (Å²) < 4.78 is 56.8. The van der Waals surface area contributed by atoms with Crippen LogP contribution in [0.1, 0.15) is 35.1 Å². The highest BCUT2D eigenvalue weighted by Crippen LogP contribution is 2.39. The number of hydrogen-bond donors (Lipinski definition) is 2. The van der Waals surface area contributed by atoms with Crippen molar-refractivity contribution in [3.8, 4) is 0 Å². The summed E-state index contributed by atoms with van der Waals surface area (Å²) >= 11 is 0. The molecule has 0 spiro atoms. The number of allylic oxidation sites excluding steroid dienone is 4. The summed E-state index contributed by atoms with van der Waals surface area (Å²) in [6.07, 6.45) is 9.35.